The molecule has 0 spiro atoms. The van der Waals surface area contributed by atoms with Crippen molar-refractivity contribution in [2.45, 2.75) is 25.6 Å². The monoisotopic (exact) mass is 320 g/mol. The minimum Gasteiger partial charge on any atom is -0.367 e. The van der Waals surface area contributed by atoms with E-state index >= 15 is 0 Å². The molecule has 0 fully saturated rings. The predicted octanol–water partition coefficient (Wildman–Crippen LogP) is 4.86. The number of hydrogen-bond donors (Lipinski definition) is 1. The highest BCUT2D eigenvalue weighted by Crippen LogP contribution is 2.32. The highest BCUT2D eigenvalue weighted by molar-refractivity contribution is 7.09. The first-order valence-electron chi connectivity index (χ1n) is 5.88. The minimum absolute atomic E-state index is 0.0410. The Morgan fingerprint density at radius 2 is 2.15 bits per heavy atom. The lowest BCUT2D eigenvalue weighted by Crippen LogP contribution is -2.19. The maximum atomic E-state index is 12.7. The standard InChI is InChI=1S/C13H12ClF3N2S/c1-8(5-10-3-2-4-20-10)18-12-7-9(13(15,16)17)6-11(14)19-12/h2-4,6-8H,5H2,1H3,(H,18,19). The van der Waals surface area contributed by atoms with E-state index < -0.39 is 11.7 Å². The molecule has 2 nitrogen and oxygen atoms in total. The lowest BCUT2D eigenvalue weighted by molar-refractivity contribution is -0.137. The predicted molar refractivity (Wildman–Crippen MR) is 75.4 cm³/mol. The molecule has 2 aromatic heterocycles. The third-order valence-corrected chi connectivity index (χ3v) is 3.70. The van der Waals surface area contributed by atoms with Crippen LogP contribution in [0.4, 0.5) is 19.0 Å². The fraction of sp³-hybridized carbons (Fsp3) is 0.308. The molecule has 7 heteroatoms. The van der Waals surface area contributed by atoms with Crippen molar-refractivity contribution in [3.63, 3.8) is 0 Å². The average Bonchev–Trinajstić information content (AvgIpc) is 2.79. The van der Waals surface area contributed by atoms with Gasteiger partial charge in [-0.2, -0.15) is 13.2 Å². The smallest absolute Gasteiger partial charge is 0.367 e. The van der Waals surface area contributed by atoms with Crippen LogP contribution in [0.1, 0.15) is 17.4 Å². The van der Waals surface area contributed by atoms with Gasteiger partial charge in [0, 0.05) is 17.3 Å². The molecule has 0 aliphatic heterocycles. The molecular formula is C13H12ClF3N2S. The molecule has 1 atom stereocenters. The second-order valence-electron chi connectivity index (χ2n) is 4.39. The van der Waals surface area contributed by atoms with Crippen LogP contribution in [-0.2, 0) is 12.6 Å². The Kier molecular flexibility index (Phi) is 4.55. The Morgan fingerprint density at radius 1 is 1.40 bits per heavy atom. The number of nitrogens with one attached hydrogen (secondary N) is 1. The van der Waals surface area contributed by atoms with Crippen molar-refractivity contribution in [2.24, 2.45) is 0 Å². The number of alkyl halides is 3. The third-order valence-electron chi connectivity index (χ3n) is 2.60. The van der Waals surface area contributed by atoms with E-state index in [4.69, 9.17) is 11.6 Å². The second-order valence-corrected chi connectivity index (χ2v) is 5.81. The summed E-state index contributed by atoms with van der Waals surface area (Å²) in [6.45, 7) is 1.88. The zero-order valence-corrected chi connectivity index (χ0v) is 12.1. The van der Waals surface area contributed by atoms with Crippen LogP contribution in [0.5, 0.6) is 0 Å². The van der Waals surface area contributed by atoms with Gasteiger partial charge in [-0.3, -0.25) is 0 Å². The molecule has 0 aliphatic rings. The van der Waals surface area contributed by atoms with Crippen LogP contribution < -0.4 is 5.32 Å². The van der Waals surface area contributed by atoms with Crippen LogP contribution >= 0.6 is 22.9 Å². The van der Waals surface area contributed by atoms with Crippen molar-refractivity contribution in [1.82, 2.24) is 4.98 Å². The Bertz CT molecular complexity index is 569. The van der Waals surface area contributed by atoms with E-state index in [1.54, 1.807) is 11.3 Å². The molecule has 108 valence electrons. The van der Waals surface area contributed by atoms with Gasteiger partial charge in [0.1, 0.15) is 11.0 Å². The largest absolute Gasteiger partial charge is 0.416 e. The number of hydrogen-bond acceptors (Lipinski definition) is 3. The quantitative estimate of drug-likeness (QED) is 0.814. The Balaban J connectivity index is 2.11. The van der Waals surface area contributed by atoms with Crippen molar-refractivity contribution in [3.8, 4) is 0 Å². The zero-order chi connectivity index (χ0) is 14.8. The number of anilines is 1. The Morgan fingerprint density at radius 3 is 2.75 bits per heavy atom. The third kappa shape index (κ3) is 4.11. The van der Waals surface area contributed by atoms with E-state index in [1.807, 2.05) is 24.4 Å². The van der Waals surface area contributed by atoms with Crippen LogP contribution in [0.2, 0.25) is 5.15 Å². The molecule has 0 saturated carbocycles. The van der Waals surface area contributed by atoms with Crippen LogP contribution in [0.15, 0.2) is 29.6 Å². The fourth-order valence-electron chi connectivity index (χ4n) is 1.77. The molecule has 2 aromatic rings. The van der Waals surface area contributed by atoms with Gasteiger partial charge in [-0.25, -0.2) is 4.98 Å². The van der Waals surface area contributed by atoms with Gasteiger partial charge in [0.2, 0.25) is 0 Å². The van der Waals surface area contributed by atoms with Gasteiger partial charge >= 0.3 is 6.18 Å². The van der Waals surface area contributed by atoms with Gasteiger partial charge in [-0.15, -0.1) is 11.3 Å². The molecule has 0 bridgehead atoms. The highest BCUT2D eigenvalue weighted by Gasteiger charge is 2.31. The number of nitrogens with zero attached hydrogens (tertiary/aromatic N) is 1. The molecule has 2 heterocycles. The minimum atomic E-state index is -4.43. The SMILES string of the molecule is CC(Cc1cccs1)Nc1cc(C(F)(F)F)cc(Cl)n1. The summed E-state index contributed by atoms with van der Waals surface area (Å²) in [5.41, 5.74) is -0.802. The Hall–Kier alpha value is -1.27. The number of aromatic nitrogens is 1. The molecule has 2 rings (SSSR count). The van der Waals surface area contributed by atoms with Gasteiger partial charge in [-0.1, -0.05) is 17.7 Å². The molecule has 1 unspecified atom stereocenters. The molecule has 0 aliphatic carbocycles. The van der Waals surface area contributed by atoms with Crippen molar-refractivity contribution < 1.29 is 13.2 Å². The second kappa shape index (κ2) is 6.01. The molecule has 1 N–H and O–H groups in total. The zero-order valence-electron chi connectivity index (χ0n) is 10.5. The summed E-state index contributed by atoms with van der Waals surface area (Å²) in [7, 11) is 0. The van der Waals surface area contributed by atoms with E-state index in [9.17, 15) is 13.2 Å². The highest BCUT2D eigenvalue weighted by atomic mass is 35.5. The van der Waals surface area contributed by atoms with Gasteiger partial charge < -0.3 is 5.32 Å². The summed E-state index contributed by atoms with van der Waals surface area (Å²) < 4.78 is 38.0. The number of thiophene rings is 1. The average molecular weight is 321 g/mol. The van der Waals surface area contributed by atoms with Crippen molar-refractivity contribution >= 4 is 28.8 Å². The van der Waals surface area contributed by atoms with Gasteiger partial charge in [-0.05, 0) is 30.5 Å². The number of rotatable bonds is 4. The summed E-state index contributed by atoms with van der Waals surface area (Å²) in [4.78, 5) is 5.03. The lowest BCUT2D eigenvalue weighted by Gasteiger charge is -2.15. The maximum Gasteiger partial charge on any atom is 0.416 e. The van der Waals surface area contributed by atoms with Gasteiger partial charge in [0.25, 0.3) is 0 Å². The molecule has 20 heavy (non-hydrogen) atoms. The van der Waals surface area contributed by atoms with Crippen molar-refractivity contribution in [1.29, 1.82) is 0 Å². The van der Waals surface area contributed by atoms with Crippen LogP contribution in [-0.4, -0.2) is 11.0 Å². The molecule has 0 amide bonds. The molecular weight excluding hydrogens is 309 g/mol. The maximum absolute atomic E-state index is 12.7. The van der Waals surface area contributed by atoms with E-state index in [-0.39, 0.29) is 17.0 Å². The Labute approximate surface area is 123 Å². The van der Waals surface area contributed by atoms with Crippen LogP contribution in [0.3, 0.4) is 0 Å². The van der Waals surface area contributed by atoms with Crippen molar-refractivity contribution in [3.05, 3.63) is 45.2 Å². The summed E-state index contributed by atoms with van der Waals surface area (Å²) in [6.07, 6.45) is -3.72. The molecule has 0 aromatic carbocycles. The van der Waals surface area contributed by atoms with E-state index in [0.717, 1.165) is 17.0 Å². The first-order valence-corrected chi connectivity index (χ1v) is 7.14. The summed E-state index contributed by atoms with van der Waals surface area (Å²) >= 11 is 7.24. The van der Waals surface area contributed by atoms with Crippen LogP contribution in [0.25, 0.3) is 0 Å². The number of halogens is 4. The van der Waals surface area contributed by atoms with Crippen LogP contribution in [0, 0.1) is 0 Å². The van der Waals surface area contributed by atoms with Crippen molar-refractivity contribution in [2.75, 3.05) is 5.32 Å². The topological polar surface area (TPSA) is 24.9 Å². The van der Waals surface area contributed by atoms with Gasteiger partial charge in [0.15, 0.2) is 0 Å². The van der Waals surface area contributed by atoms with E-state index in [1.165, 1.54) is 0 Å². The summed E-state index contributed by atoms with van der Waals surface area (Å²) in [5.74, 6) is 0.133. The van der Waals surface area contributed by atoms with E-state index in [0.29, 0.717) is 6.42 Å². The first kappa shape index (κ1) is 15.1. The normalized spacial score (nSPS) is 13.2. The summed E-state index contributed by atoms with van der Waals surface area (Å²) in [6, 6.07) is 5.66. The fourth-order valence-corrected chi connectivity index (χ4v) is 2.81. The summed E-state index contributed by atoms with van der Waals surface area (Å²) in [5, 5.41) is 4.73. The number of pyridine rings is 1. The first-order chi connectivity index (χ1) is 9.34. The molecule has 0 saturated heterocycles. The van der Waals surface area contributed by atoms with Gasteiger partial charge in [0.05, 0.1) is 5.56 Å². The lowest BCUT2D eigenvalue weighted by atomic mass is 10.2. The van der Waals surface area contributed by atoms with E-state index in [2.05, 4.69) is 10.3 Å². The molecule has 0 radical (unpaired) electrons.